The summed E-state index contributed by atoms with van der Waals surface area (Å²) in [6.07, 6.45) is 0.790. The van der Waals surface area contributed by atoms with Gasteiger partial charge in [0.05, 0.1) is 0 Å². The van der Waals surface area contributed by atoms with Gasteiger partial charge in [-0.05, 0) is 28.7 Å². The Kier molecular flexibility index (Phi) is 7.14. The standard InChI is InChI=1S/C26H28N4O5/c1-3-8-16(13-24(31)28-23-14-22(25(32)33)29-30(23)2)27-26(34)35-15-21-19-11-6-4-9-17(19)18-10-5-7-12-20(18)21/h4-7,9-12,14,16,21H,3,8,13,15H2,1-2H3,(H,27,34)(H,28,31)(H,32,33)/t16-/m0/s1. The Morgan fingerprint density at radius 1 is 1.09 bits per heavy atom. The van der Waals surface area contributed by atoms with Crippen LogP contribution in [0, 0.1) is 0 Å². The van der Waals surface area contributed by atoms with E-state index in [2.05, 4.69) is 40.0 Å². The zero-order chi connectivity index (χ0) is 24.9. The summed E-state index contributed by atoms with van der Waals surface area (Å²) in [5.74, 6) is -1.32. The summed E-state index contributed by atoms with van der Waals surface area (Å²) in [4.78, 5) is 36.3. The van der Waals surface area contributed by atoms with Gasteiger partial charge in [-0.2, -0.15) is 5.10 Å². The number of aromatic nitrogens is 2. The molecule has 4 rings (SSSR count). The van der Waals surface area contributed by atoms with Crippen molar-refractivity contribution >= 4 is 23.8 Å². The van der Waals surface area contributed by atoms with Gasteiger partial charge in [-0.25, -0.2) is 9.59 Å². The van der Waals surface area contributed by atoms with Gasteiger partial charge in [-0.1, -0.05) is 61.9 Å². The maximum absolute atomic E-state index is 12.6. The average molecular weight is 477 g/mol. The molecule has 2 amide bonds. The molecule has 1 heterocycles. The quantitative estimate of drug-likeness (QED) is 0.426. The van der Waals surface area contributed by atoms with Gasteiger partial charge in [-0.15, -0.1) is 0 Å². The second-order valence-corrected chi connectivity index (χ2v) is 8.55. The number of hydrogen-bond donors (Lipinski definition) is 3. The fourth-order valence-electron chi connectivity index (χ4n) is 4.49. The van der Waals surface area contributed by atoms with Gasteiger partial charge in [0.2, 0.25) is 5.91 Å². The fourth-order valence-corrected chi connectivity index (χ4v) is 4.49. The van der Waals surface area contributed by atoms with E-state index in [1.807, 2.05) is 31.2 Å². The third-order valence-corrected chi connectivity index (χ3v) is 6.10. The van der Waals surface area contributed by atoms with Gasteiger partial charge in [0.25, 0.3) is 0 Å². The minimum atomic E-state index is -1.18. The first-order valence-corrected chi connectivity index (χ1v) is 11.6. The lowest BCUT2D eigenvalue weighted by atomic mass is 9.98. The zero-order valence-corrected chi connectivity index (χ0v) is 19.7. The molecule has 9 nitrogen and oxygen atoms in total. The molecule has 3 aromatic rings. The van der Waals surface area contributed by atoms with E-state index in [1.165, 1.54) is 10.7 Å². The minimum Gasteiger partial charge on any atom is -0.476 e. The van der Waals surface area contributed by atoms with Crippen molar-refractivity contribution in [3.05, 3.63) is 71.4 Å². The summed E-state index contributed by atoms with van der Waals surface area (Å²) >= 11 is 0. The van der Waals surface area contributed by atoms with Crippen LogP contribution in [0.4, 0.5) is 10.6 Å². The number of rotatable bonds is 9. The lowest BCUT2D eigenvalue weighted by molar-refractivity contribution is -0.116. The van der Waals surface area contributed by atoms with Gasteiger partial charge in [0.15, 0.2) is 5.69 Å². The van der Waals surface area contributed by atoms with Crippen LogP contribution in [0.25, 0.3) is 11.1 Å². The molecule has 2 aromatic carbocycles. The normalized spacial score (nSPS) is 13.0. The van der Waals surface area contributed by atoms with E-state index in [-0.39, 0.29) is 36.4 Å². The van der Waals surface area contributed by atoms with Gasteiger partial charge < -0.3 is 20.5 Å². The predicted molar refractivity (Wildman–Crippen MR) is 130 cm³/mol. The molecule has 1 aliphatic carbocycles. The maximum Gasteiger partial charge on any atom is 0.407 e. The molecule has 1 aliphatic rings. The molecular weight excluding hydrogens is 448 g/mol. The van der Waals surface area contributed by atoms with Crippen molar-refractivity contribution in [3.63, 3.8) is 0 Å². The summed E-state index contributed by atoms with van der Waals surface area (Å²) in [5.41, 5.74) is 4.40. The molecule has 0 bridgehead atoms. The highest BCUT2D eigenvalue weighted by Crippen LogP contribution is 2.44. The van der Waals surface area contributed by atoms with E-state index in [0.717, 1.165) is 28.7 Å². The largest absolute Gasteiger partial charge is 0.476 e. The highest BCUT2D eigenvalue weighted by Gasteiger charge is 2.29. The number of aromatic carboxylic acids is 1. The Morgan fingerprint density at radius 3 is 2.29 bits per heavy atom. The number of ether oxygens (including phenoxy) is 1. The van der Waals surface area contributed by atoms with Crippen molar-refractivity contribution in [1.29, 1.82) is 0 Å². The van der Waals surface area contributed by atoms with Crippen LogP contribution >= 0.6 is 0 Å². The highest BCUT2D eigenvalue weighted by atomic mass is 16.5. The van der Waals surface area contributed by atoms with E-state index >= 15 is 0 Å². The number of nitrogens with one attached hydrogen (secondary N) is 2. The third kappa shape index (κ3) is 5.34. The van der Waals surface area contributed by atoms with Gasteiger partial charge in [0.1, 0.15) is 12.4 Å². The van der Waals surface area contributed by atoms with Gasteiger partial charge >= 0.3 is 12.1 Å². The van der Waals surface area contributed by atoms with Crippen molar-refractivity contribution in [2.45, 2.75) is 38.1 Å². The average Bonchev–Trinajstić information content (AvgIpc) is 3.35. The maximum atomic E-state index is 12.6. The number of alkyl carbamates (subject to hydrolysis) is 1. The van der Waals surface area contributed by atoms with Crippen LogP contribution in [0.2, 0.25) is 0 Å². The van der Waals surface area contributed by atoms with Gasteiger partial charge in [0, 0.05) is 31.5 Å². The molecule has 1 aromatic heterocycles. The van der Waals surface area contributed by atoms with Crippen molar-refractivity contribution in [2.24, 2.45) is 7.05 Å². The van der Waals surface area contributed by atoms with E-state index in [0.29, 0.717) is 6.42 Å². The van der Waals surface area contributed by atoms with Crippen LogP contribution in [0.5, 0.6) is 0 Å². The Balaban J connectivity index is 1.35. The summed E-state index contributed by atoms with van der Waals surface area (Å²) in [6, 6.07) is 17.1. The smallest absolute Gasteiger partial charge is 0.407 e. The minimum absolute atomic E-state index is 0.0195. The number of carboxylic acids is 1. The number of amides is 2. The van der Waals surface area contributed by atoms with Crippen LogP contribution in [0.1, 0.15) is 53.7 Å². The van der Waals surface area contributed by atoms with Crippen LogP contribution in [0.15, 0.2) is 54.6 Å². The highest BCUT2D eigenvalue weighted by molar-refractivity contribution is 5.93. The molecule has 0 unspecified atom stereocenters. The summed E-state index contributed by atoms with van der Waals surface area (Å²) in [5, 5.41) is 18.4. The molecule has 0 spiro atoms. The molecule has 182 valence electrons. The monoisotopic (exact) mass is 476 g/mol. The number of aryl methyl sites for hydroxylation is 1. The summed E-state index contributed by atoms with van der Waals surface area (Å²) in [6.45, 7) is 2.16. The van der Waals surface area contributed by atoms with Crippen LogP contribution in [-0.4, -0.2) is 45.5 Å². The number of fused-ring (bicyclic) bond motifs is 3. The zero-order valence-electron chi connectivity index (χ0n) is 19.7. The molecule has 0 radical (unpaired) electrons. The van der Waals surface area contributed by atoms with Crippen LogP contribution in [-0.2, 0) is 16.6 Å². The second kappa shape index (κ2) is 10.4. The first-order valence-electron chi connectivity index (χ1n) is 11.6. The summed E-state index contributed by atoms with van der Waals surface area (Å²) < 4.78 is 6.89. The summed E-state index contributed by atoms with van der Waals surface area (Å²) in [7, 11) is 1.54. The molecule has 35 heavy (non-hydrogen) atoms. The van der Waals surface area contributed by atoms with Crippen LogP contribution in [0.3, 0.4) is 0 Å². The number of benzene rings is 2. The Morgan fingerprint density at radius 2 is 1.71 bits per heavy atom. The molecule has 0 saturated carbocycles. The van der Waals surface area contributed by atoms with Crippen molar-refractivity contribution < 1.29 is 24.2 Å². The molecular formula is C26H28N4O5. The second-order valence-electron chi connectivity index (χ2n) is 8.55. The molecule has 9 heteroatoms. The third-order valence-electron chi connectivity index (χ3n) is 6.10. The number of nitrogens with zero attached hydrogens (tertiary/aromatic N) is 2. The van der Waals surface area contributed by atoms with E-state index in [4.69, 9.17) is 9.84 Å². The topological polar surface area (TPSA) is 123 Å². The molecule has 0 fully saturated rings. The van der Waals surface area contributed by atoms with Crippen molar-refractivity contribution in [2.75, 3.05) is 11.9 Å². The van der Waals surface area contributed by atoms with Crippen molar-refractivity contribution in [1.82, 2.24) is 15.1 Å². The molecule has 3 N–H and O–H groups in total. The molecule has 1 atom stereocenters. The van der Waals surface area contributed by atoms with Crippen LogP contribution < -0.4 is 10.6 Å². The Bertz CT molecular complexity index is 1210. The van der Waals surface area contributed by atoms with Gasteiger partial charge in [-0.3, -0.25) is 9.48 Å². The number of hydrogen-bond acceptors (Lipinski definition) is 5. The Labute approximate surface area is 203 Å². The first kappa shape index (κ1) is 24.0. The molecule has 0 aliphatic heterocycles. The van der Waals surface area contributed by atoms with E-state index < -0.39 is 18.1 Å². The lowest BCUT2D eigenvalue weighted by Gasteiger charge is -2.19. The lowest BCUT2D eigenvalue weighted by Crippen LogP contribution is -2.38. The number of anilines is 1. The fraction of sp³-hybridized carbons (Fsp3) is 0.308. The number of carbonyl (C=O) groups excluding carboxylic acids is 2. The van der Waals surface area contributed by atoms with E-state index in [1.54, 1.807) is 7.05 Å². The molecule has 0 saturated heterocycles. The SMILES string of the molecule is CCC[C@@H](CC(=O)Nc1cc(C(=O)O)nn1C)NC(=O)OCC1c2ccccc2-c2ccccc21. The van der Waals surface area contributed by atoms with E-state index in [9.17, 15) is 14.4 Å². The first-order chi connectivity index (χ1) is 16.9. The predicted octanol–water partition coefficient (Wildman–Crippen LogP) is 4.15. The van der Waals surface area contributed by atoms with Crippen molar-refractivity contribution in [3.8, 4) is 11.1 Å². The Hall–Kier alpha value is -4.14. The number of carbonyl (C=O) groups is 3. The number of carboxylic acid groups (broad SMARTS) is 1.